The number of hydrogen-bond acceptors (Lipinski definition) is 6. The van der Waals surface area contributed by atoms with Crippen LogP contribution in [0.1, 0.15) is 25.7 Å². The van der Waals surface area contributed by atoms with Crippen molar-refractivity contribution >= 4 is 22.4 Å². The van der Waals surface area contributed by atoms with Gasteiger partial charge < -0.3 is 16.2 Å². The third-order valence-electron chi connectivity index (χ3n) is 3.59. The standard InChI is InChI=1S/C12H16N4O2/c13-8-3-4-9(11-10(8)15-18-16-11)14-7-12(17)5-1-2-6-12/h3-4,14,17H,1-2,5-7,13H2. The number of anilines is 2. The lowest BCUT2D eigenvalue weighted by Crippen LogP contribution is -2.33. The summed E-state index contributed by atoms with van der Waals surface area (Å²) in [5.74, 6) is 0. The minimum absolute atomic E-state index is 0.513. The van der Waals surface area contributed by atoms with Crippen molar-refractivity contribution in [3.8, 4) is 0 Å². The number of nitrogen functional groups attached to an aromatic ring is 1. The molecule has 0 radical (unpaired) electrons. The van der Waals surface area contributed by atoms with Crippen LogP contribution in [0.15, 0.2) is 16.8 Å². The fourth-order valence-corrected chi connectivity index (χ4v) is 2.50. The SMILES string of the molecule is Nc1ccc(NCC2(O)CCCC2)c2nonc12. The third-order valence-corrected chi connectivity index (χ3v) is 3.59. The second kappa shape index (κ2) is 4.13. The number of hydrogen-bond donors (Lipinski definition) is 3. The molecular weight excluding hydrogens is 232 g/mol. The van der Waals surface area contributed by atoms with Crippen molar-refractivity contribution in [3.05, 3.63) is 12.1 Å². The van der Waals surface area contributed by atoms with Gasteiger partial charge in [0.25, 0.3) is 0 Å². The second-order valence-corrected chi connectivity index (χ2v) is 4.95. The molecule has 96 valence electrons. The van der Waals surface area contributed by atoms with Crippen molar-refractivity contribution in [2.24, 2.45) is 0 Å². The van der Waals surface area contributed by atoms with Crippen molar-refractivity contribution in [3.63, 3.8) is 0 Å². The average Bonchev–Trinajstić information content (AvgIpc) is 2.98. The van der Waals surface area contributed by atoms with Gasteiger partial charge >= 0.3 is 0 Å². The first-order valence-corrected chi connectivity index (χ1v) is 6.15. The second-order valence-electron chi connectivity index (χ2n) is 4.95. The highest BCUT2D eigenvalue weighted by atomic mass is 16.6. The number of nitrogens with zero attached hydrogens (tertiary/aromatic N) is 2. The summed E-state index contributed by atoms with van der Waals surface area (Å²) in [6.45, 7) is 0.513. The number of fused-ring (bicyclic) bond motifs is 1. The molecule has 1 aromatic carbocycles. The van der Waals surface area contributed by atoms with E-state index in [9.17, 15) is 5.11 Å². The molecule has 0 amide bonds. The normalized spacial score (nSPS) is 18.3. The number of nitrogens with two attached hydrogens (primary N) is 1. The highest BCUT2D eigenvalue weighted by Crippen LogP contribution is 2.31. The van der Waals surface area contributed by atoms with E-state index < -0.39 is 5.60 Å². The molecule has 0 atom stereocenters. The van der Waals surface area contributed by atoms with Crippen molar-refractivity contribution in [2.75, 3.05) is 17.6 Å². The molecule has 2 aromatic rings. The molecule has 4 N–H and O–H groups in total. The van der Waals surface area contributed by atoms with Gasteiger partial charge in [-0.2, -0.15) is 0 Å². The van der Waals surface area contributed by atoms with E-state index in [2.05, 4.69) is 15.6 Å². The predicted molar refractivity (Wildman–Crippen MR) is 68.1 cm³/mol. The van der Waals surface area contributed by atoms with Crippen molar-refractivity contribution in [2.45, 2.75) is 31.3 Å². The van der Waals surface area contributed by atoms with E-state index in [0.717, 1.165) is 31.4 Å². The molecule has 6 heteroatoms. The van der Waals surface area contributed by atoms with Crippen LogP contribution in [0.3, 0.4) is 0 Å². The van der Waals surface area contributed by atoms with Crippen LogP contribution in [-0.4, -0.2) is 27.6 Å². The lowest BCUT2D eigenvalue weighted by atomic mass is 10.0. The maximum absolute atomic E-state index is 10.3. The molecule has 6 nitrogen and oxygen atoms in total. The first kappa shape index (κ1) is 11.3. The smallest absolute Gasteiger partial charge is 0.160 e. The van der Waals surface area contributed by atoms with Crippen LogP contribution in [-0.2, 0) is 0 Å². The summed E-state index contributed by atoms with van der Waals surface area (Å²) < 4.78 is 4.70. The number of benzene rings is 1. The summed E-state index contributed by atoms with van der Waals surface area (Å²) in [6, 6.07) is 3.59. The van der Waals surface area contributed by atoms with E-state index in [-0.39, 0.29) is 0 Å². The molecule has 1 aliphatic rings. The van der Waals surface area contributed by atoms with Gasteiger partial charge in [0.1, 0.15) is 0 Å². The zero-order valence-electron chi connectivity index (χ0n) is 10.0. The summed E-state index contributed by atoms with van der Waals surface area (Å²) in [6.07, 6.45) is 3.85. The van der Waals surface area contributed by atoms with E-state index in [0.29, 0.717) is 23.3 Å². The Morgan fingerprint density at radius 1 is 1.28 bits per heavy atom. The van der Waals surface area contributed by atoms with E-state index in [4.69, 9.17) is 10.4 Å². The molecule has 3 rings (SSSR count). The lowest BCUT2D eigenvalue weighted by molar-refractivity contribution is 0.0615. The Bertz CT molecular complexity index is 560. The zero-order valence-corrected chi connectivity index (χ0v) is 10.0. The van der Waals surface area contributed by atoms with Crippen molar-refractivity contribution < 1.29 is 9.74 Å². The van der Waals surface area contributed by atoms with Gasteiger partial charge in [-0.3, -0.25) is 0 Å². The van der Waals surface area contributed by atoms with Crippen LogP contribution in [0.25, 0.3) is 11.0 Å². The van der Waals surface area contributed by atoms with Gasteiger partial charge in [0.2, 0.25) is 0 Å². The molecule has 0 saturated heterocycles. The van der Waals surface area contributed by atoms with Gasteiger partial charge in [-0.1, -0.05) is 12.8 Å². The molecule has 1 aliphatic carbocycles. The van der Waals surface area contributed by atoms with E-state index in [1.807, 2.05) is 6.07 Å². The average molecular weight is 248 g/mol. The van der Waals surface area contributed by atoms with Crippen LogP contribution in [0, 0.1) is 0 Å². The Morgan fingerprint density at radius 2 is 2.00 bits per heavy atom. The summed E-state index contributed by atoms with van der Waals surface area (Å²) >= 11 is 0. The molecule has 18 heavy (non-hydrogen) atoms. The first-order chi connectivity index (χ1) is 8.68. The van der Waals surface area contributed by atoms with E-state index in [1.165, 1.54) is 0 Å². The predicted octanol–water partition coefficient (Wildman–Crippen LogP) is 1.52. The number of aliphatic hydroxyl groups is 1. The molecule has 1 saturated carbocycles. The fraction of sp³-hybridized carbons (Fsp3) is 0.500. The summed E-state index contributed by atoms with van der Waals surface area (Å²) in [5.41, 5.74) is 7.66. The molecule has 0 unspecified atom stereocenters. The van der Waals surface area contributed by atoms with Gasteiger partial charge in [0.15, 0.2) is 11.0 Å². The molecule has 0 bridgehead atoms. The quantitative estimate of drug-likeness (QED) is 0.712. The topological polar surface area (TPSA) is 97.2 Å². The summed E-state index contributed by atoms with van der Waals surface area (Å²) in [4.78, 5) is 0. The number of rotatable bonds is 3. The minimum atomic E-state index is -0.606. The van der Waals surface area contributed by atoms with Crippen LogP contribution in [0.4, 0.5) is 11.4 Å². The molecular formula is C12H16N4O2. The van der Waals surface area contributed by atoms with Gasteiger partial charge in [-0.05, 0) is 35.3 Å². The van der Waals surface area contributed by atoms with E-state index >= 15 is 0 Å². The third kappa shape index (κ3) is 1.88. The highest BCUT2D eigenvalue weighted by molar-refractivity contribution is 5.94. The Morgan fingerprint density at radius 3 is 2.78 bits per heavy atom. The van der Waals surface area contributed by atoms with Crippen LogP contribution in [0.5, 0.6) is 0 Å². The van der Waals surface area contributed by atoms with Gasteiger partial charge in [-0.25, -0.2) is 4.63 Å². The lowest BCUT2D eigenvalue weighted by Gasteiger charge is -2.23. The minimum Gasteiger partial charge on any atom is -0.397 e. The first-order valence-electron chi connectivity index (χ1n) is 6.15. The van der Waals surface area contributed by atoms with Crippen LogP contribution < -0.4 is 11.1 Å². The molecule has 0 aliphatic heterocycles. The van der Waals surface area contributed by atoms with Gasteiger partial charge in [-0.15, -0.1) is 0 Å². The Labute approximate surface area is 104 Å². The Kier molecular flexibility index (Phi) is 2.59. The maximum Gasteiger partial charge on any atom is 0.160 e. The Hall–Kier alpha value is -1.82. The molecule has 0 spiro atoms. The Balaban J connectivity index is 1.82. The number of aromatic nitrogens is 2. The summed E-state index contributed by atoms with van der Waals surface area (Å²) in [7, 11) is 0. The van der Waals surface area contributed by atoms with Gasteiger partial charge in [0.05, 0.1) is 17.0 Å². The largest absolute Gasteiger partial charge is 0.397 e. The molecule has 1 heterocycles. The number of nitrogens with one attached hydrogen (secondary N) is 1. The zero-order chi connectivity index (χ0) is 12.6. The fourth-order valence-electron chi connectivity index (χ4n) is 2.50. The maximum atomic E-state index is 10.3. The van der Waals surface area contributed by atoms with Crippen molar-refractivity contribution in [1.82, 2.24) is 10.3 Å². The molecule has 1 aromatic heterocycles. The molecule has 1 fully saturated rings. The van der Waals surface area contributed by atoms with Crippen LogP contribution in [0.2, 0.25) is 0 Å². The van der Waals surface area contributed by atoms with E-state index in [1.54, 1.807) is 6.07 Å². The van der Waals surface area contributed by atoms with Gasteiger partial charge in [0, 0.05) is 6.54 Å². The highest BCUT2D eigenvalue weighted by Gasteiger charge is 2.30. The van der Waals surface area contributed by atoms with Crippen LogP contribution >= 0.6 is 0 Å². The van der Waals surface area contributed by atoms with Crippen molar-refractivity contribution in [1.29, 1.82) is 0 Å². The summed E-state index contributed by atoms with van der Waals surface area (Å²) in [5, 5.41) is 21.1. The monoisotopic (exact) mass is 248 g/mol.